The molecule has 0 bridgehead atoms. The van der Waals surface area contributed by atoms with Gasteiger partial charge in [-0.2, -0.15) is 5.10 Å². The van der Waals surface area contributed by atoms with E-state index in [0.717, 1.165) is 31.0 Å². The zero-order valence-corrected chi connectivity index (χ0v) is 14.8. The number of thioether (sulfide) groups is 1. The number of nitro groups is 1. The molecule has 12 heteroatoms. The van der Waals surface area contributed by atoms with Gasteiger partial charge >= 0.3 is 11.9 Å². The Balaban J connectivity index is 2.22. The first-order chi connectivity index (χ1) is 12.8. The number of methoxy groups -OCH3 is 2. The molecule has 0 unspecified atom stereocenters. The summed E-state index contributed by atoms with van der Waals surface area (Å²) in [5.41, 5.74) is -0.111. The van der Waals surface area contributed by atoms with E-state index in [1.807, 2.05) is 0 Å². The average Bonchev–Trinajstić information content (AvgIpc) is 2.99. The molecule has 1 heterocycles. The standard InChI is InChI=1S/C15H12N4O7S/c1-25-12(20)6-11-13(21)17-15(27-11)18-16-7-8-3-9(14(22)26-2)5-10(4-8)19(23)24/h3-7H,1-2H3,(H,17,18,21)/b11-6+,16-7?. The quantitative estimate of drug-likeness (QED) is 0.256. The summed E-state index contributed by atoms with van der Waals surface area (Å²) in [6.45, 7) is 0. The third kappa shape index (κ3) is 5.22. The SMILES string of the molecule is COC(=O)/C=C1/S/C(=N\N=Cc2cc(C(=O)OC)cc([N+](=O)[O-])c2)NC1=O. The largest absolute Gasteiger partial charge is 0.466 e. The van der Waals surface area contributed by atoms with Gasteiger partial charge in [-0.1, -0.05) is 0 Å². The third-order valence-corrected chi connectivity index (χ3v) is 3.93. The predicted octanol–water partition coefficient (Wildman–Crippen LogP) is 0.991. The lowest BCUT2D eigenvalue weighted by molar-refractivity contribution is -0.384. The van der Waals surface area contributed by atoms with Gasteiger partial charge in [0, 0.05) is 23.8 Å². The number of ether oxygens (including phenoxy) is 2. The van der Waals surface area contributed by atoms with Gasteiger partial charge in [0.05, 0.1) is 35.8 Å². The van der Waals surface area contributed by atoms with E-state index in [2.05, 4.69) is 25.0 Å². The van der Waals surface area contributed by atoms with Crippen LogP contribution < -0.4 is 5.32 Å². The van der Waals surface area contributed by atoms with Gasteiger partial charge in [-0.05, 0) is 17.8 Å². The Morgan fingerprint density at radius 1 is 1.26 bits per heavy atom. The molecular weight excluding hydrogens is 380 g/mol. The van der Waals surface area contributed by atoms with Crippen LogP contribution in [-0.2, 0) is 19.1 Å². The zero-order valence-electron chi connectivity index (χ0n) is 14.0. The third-order valence-electron chi connectivity index (χ3n) is 3.03. The Kier molecular flexibility index (Phi) is 6.38. The number of carbonyl (C=O) groups is 3. The van der Waals surface area contributed by atoms with E-state index in [0.29, 0.717) is 0 Å². The van der Waals surface area contributed by atoms with Crippen LogP contribution in [0.5, 0.6) is 0 Å². The van der Waals surface area contributed by atoms with E-state index in [9.17, 15) is 24.5 Å². The van der Waals surface area contributed by atoms with Crippen LogP contribution in [0.15, 0.2) is 39.4 Å². The molecule has 0 atom stereocenters. The Morgan fingerprint density at radius 2 is 2.00 bits per heavy atom. The van der Waals surface area contributed by atoms with Crippen LogP contribution in [0.25, 0.3) is 0 Å². The molecule has 1 aromatic rings. The molecule has 1 amide bonds. The highest BCUT2D eigenvalue weighted by molar-refractivity contribution is 8.18. The molecule has 27 heavy (non-hydrogen) atoms. The van der Waals surface area contributed by atoms with Crippen molar-refractivity contribution in [2.75, 3.05) is 14.2 Å². The van der Waals surface area contributed by atoms with Crippen molar-refractivity contribution >= 4 is 46.7 Å². The molecule has 0 spiro atoms. The number of rotatable bonds is 5. The van der Waals surface area contributed by atoms with Crippen molar-refractivity contribution in [3.63, 3.8) is 0 Å². The fourth-order valence-corrected chi connectivity index (χ4v) is 2.58. The minimum atomic E-state index is -0.740. The van der Waals surface area contributed by atoms with E-state index in [1.165, 1.54) is 25.5 Å². The second-order valence-electron chi connectivity index (χ2n) is 4.80. The summed E-state index contributed by atoms with van der Waals surface area (Å²) in [6, 6.07) is 3.61. The van der Waals surface area contributed by atoms with E-state index >= 15 is 0 Å². The molecule has 0 saturated carbocycles. The second-order valence-corrected chi connectivity index (χ2v) is 5.83. The van der Waals surface area contributed by atoms with Crippen molar-refractivity contribution in [2.24, 2.45) is 10.2 Å². The smallest absolute Gasteiger partial charge is 0.338 e. The van der Waals surface area contributed by atoms with Crippen molar-refractivity contribution < 1.29 is 28.8 Å². The zero-order chi connectivity index (χ0) is 20.0. The number of nitro benzene ring substituents is 1. The van der Waals surface area contributed by atoms with Gasteiger partial charge < -0.3 is 9.47 Å². The molecule has 1 saturated heterocycles. The van der Waals surface area contributed by atoms with Crippen LogP contribution in [0.2, 0.25) is 0 Å². The van der Waals surface area contributed by atoms with Crippen molar-refractivity contribution in [1.82, 2.24) is 5.32 Å². The molecule has 1 aromatic carbocycles. The molecule has 0 radical (unpaired) electrons. The average molecular weight is 392 g/mol. The highest BCUT2D eigenvalue weighted by Crippen LogP contribution is 2.23. The number of esters is 2. The highest BCUT2D eigenvalue weighted by Gasteiger charge is 2.25. The number of nitrogens with zero attached hydrogens (tertiary/aromatic N) is 3. The fraction of sp³-hybridized carbons (Fsp3) is 0.133. The Bertz CT molecular complexity index is 907. The van der Waals surface area contributed by atoms with Gasteiger partial charge in [-0.25, -0.2) is 9.59 Å². The Morgan fingerprint density at radius 3 is 2.63 bits per heavy atom. The van der Waals surface area contributed by atoms with Gasteiger partial charge in [-0.3, -0.25) is 20.2 Å². The van der Waals surface area contributed by atoms with Gasteiger partial charge in [0.25, 0.3) is 11.6 Å². The summed E-state index contributed by atoms with van der Waals surface area (Å²) in [7, 11) is 2.33. The number of hydrogen-bond donors (Lipinski definition) is 1. The van der Waals surface area contributed by atoms with E-state index in [1.54, 1.807) is 0 Å². The van der Waals surface area contributed by atoms with E-state index in [-0.39, 0.29) is 26.9 Å². The second kappa shape index (κ2) is 8.71. The monoisotopic (exact) mass is 392 g/mol. The van der Waals surface area contributed by atoms with Gasteiger partial charge in [0.15, 0.2) is 5.17 Å². The summed E-state index contributed by atoms with van der Waals surface area (Å²) in [4.78, 5) is 44.8. The van der Waals surface area contributed by atoms with Crippen LogP contribution in [0.1, 0.15) is 15.9 Å². The van der Waals surface area contributed by atoms with E-state index < -0.39 is 22.8 Å². The summed E-state index contributed by atoms with van der Waals surface area (Å²) >= 11 is 0.871. The molecule has 1 aliphatic rings. The maximum Gasteiger partial charge on any atom is 0.338 e. The number of nitrogens with one attached hydrogen (secondary N) is 1. The van der Waals surface area contributed by atoms with E-state index in [4.69, 9.17) is 0 Å². The summed E-state index contributed by atoms with van der Waals surface area (Å²) in [5.74, 6) is -1.97. The molecular formula is C15H12N4O7S. The molecule has 2 rings (SSSR count). The molecule has 11 nitrogen and oxygen atoms in total. The maximum atomic E-state index is 11.7. The number of carbonyl (C=O) groups excluding carboxylic acids is 3. The van der Waals surface area contributed by atoms with Crippen molar-refractivity contribution in [3.8, 4) is 0 Å². The fourth-order valence-electron chi connectivity index (χ4n) is 1.84. The molecule has 1 fully saturated rings. The molecule has 0 aliphatic carbocycles. The number of hydrogen-bond acceptors (Lipinski definition) is 10. The topological polar surface area (TPSA) is 150 Å². The van der Waals surface area contributed by atoms with Crippen LogP contribution in [0, 0.1) is 10.1 Å². The summed E-state index contributed by atoms with van der Waals surface area (Å²) in [5, 5.41) is 21.0. The van der Waals surface area contributed by atoms with Gasteiger partial charge in [-0.15, -0.1) is 5.10 Å². The molecule has 0 aromatic heterocycles. The van der Waals surface area contributed by atoms with Crippen LogP contribution in [0.4, 0.5) is 5.69 Å². The predicted molar refractivity (Wildman–Crippen MR) is 95.3 cm³/mol. The lowest BCUT2D eigenvalue weighted by Crippen LogP contribution is -2.19. The first kappa shape index (κ1) is 19.8. The minimum Gasteiger partial charge on any atom is -0.466 e. The lowest BCUT2D eigenvalue weighted by Gasteiger charge is -2.01. The van der Waals surface area contributed by atoms with Crippen molar-refractivity contribution in [1.29, 1.82) is 0 Å². The summed E-state index contributed by atoms with van der Waals surface area (Å²) in [6.07, 6.45) is 2.18. The van der Waals surface area contributed by atoms with Gasteiger partial charge in [0.2, 0.25) is 0 Å². The maximum absolute atomic E-state index is 11.7. The molecule has 140 valence electrons. The first-order valence-corrected chi connectivity index (χ1v) is 7.93. The molecule has 1 aliphatic heterocycles. The van der Waals surface area contributed by atoms with Crippen LogP contribution in [-0.4, -0.2) is 48.4 Å². The summed E-state index contributed by atoms with van der Waals surface area (Å²) < 4.78 is 8.98. The first-order valence-electron chi connectivity index (χ1n) is 7.11. The van der Waals surface area contributed by atoms with Crippen molar-refractivity contribution in [2.45, 2.75) is 0 Å². The normalized spacial score (nSPS) is 16.6. The van der Waals surface area contributed by atoms with Crippen LogP contribution in [0.3, 0.4) is 0 Å². The van der Waals surface area contributed by atoms with Crippen molar-refractivity contribution in [3.05, 3.63) is 50.4 Å². The Hall–Kier alpha value is -3.54. The van der Waals surface area contributed by atoms with Gasteiger partial charge in [0.1, 0.15) is 0 Å². The number of benzene rings is 1. The lowest BCUT2D eigenvalue weighted by atomic mass is 10.1. The minimum absolute atomic E-state index is 0.0207. The number of non-ortho nitro benzene ring substituents is 1. The number of amides is 1. The highest BCUT2D eigenvalue weighted by atomic mass is 32.2. The molecule has 1 N–H and O–H groups in total. The Labute approximate surface area is 156 Å². The van der Waals surface area contributed by atoms with Crippen LogP contribution >= 0.6 is 11.8 Å². The number of amidine groups is 1.